The first-order valence-corrected chi connectivity index (χ1v) is 9.36. The van der Waals surface area contributed by atoms with Crippen LogP contribution >= 0.6 is 0 Å². The lowest BCUT2D eigenvalue weighted by Crippen LogP contribution is -2.25. The van der Waals surface area contributed by atoms with Crippen molar-refractivity contribution < 1.29 is 24.1 Å². The summed E-state index contributed by atoms with van der Waals surface area (Å²) in [5, 5.41) is 9.22. The van der Waals surface area contributed by atoms with Gasteiger partial charge < -0.3 is 19.3 Å². The number of carboxylic acids is 1. The Hall–Kier alpha value is -2.53. The summed E-state index contributed by atoms with van der Waals surface area (Å²) in [5.41, 5.74) is 1.95. The maximum absolute atomic E-state index is 11.2. The highest BCUT2D eigenvalue weighted by Crippen LogP contribution is 2.31. The molecule has 2 aromatic rings. The first kappa shape index (κ1) is 20.8. The van der Waals surface area contributed by atoms with E-state index in [0.29, 0.717) is 18.1 Å². The minimum atomic E-state index is -0.995. The molecule has 2 rings (SSSR count). The fourth-order valence-corrected chi connectivity index (χ4v) is 2.83. The van der Waals surface area contributed by atoms with Crippen molar-refractivity contribution in [2.45, 2.75) is 45.6 Å². The molecule has 0 radical (unpaired) electrons. The smallest absolute Gasteiger partial charge is 0.333 e. The number of aryl methyl sites for hydroxylation is 1. The van der Waals surface area contributed by atoms with Crippen LogP contribution in [0.15, 0.2) is 42.5 Å². The van der Waals surface area contributed by atoms with Gasteiger partial charge >= 0.3 is 5.97 Å². The number of unbranched alkanes of at least 4 members (excludes halogenated alkanes) is 1. The molecule has 1 atom stereocenters. The van der Waals surface area contributed by atoms with Gasteiger partial charge in [0.25, 0.3) is 0 Å². The number of hydrogen-bond acceptors (Lipinski definition) is 4. The van der Waals surface area contributed by atoms with E-state index >= 15 is 0 Å². The number of ether oxygens (including phenoxy) is 3. The second kappa shape index (κ2) is 10.6. The molecular formula is C22H28O5. The van der Waals surface area contributed by atoms with Crippen molar-refractivity contribution in [3.05, 3.63) is 53.6 Å². The van der Waals surface area contributed by atoms with Crippen LogP contribution in [0.25, 0.3) is 0 Å². The highest BCUT2D eigenvalue weighted by molar-refractivity contribution is 5.73. The van der Waals surface area contributed by atoms with Crippen molar-refractivity contribution >= 4 is 5.97 Å². The minimum absolute atomic E-state index is 0.231. The minimum Gasteiger partial charge on any atom is -0.493 e. The largest absolute Gasteiger partial charge is 0.493 e. The number of benzene rings is 2. The molecule has 0 heterocycles. The maximum Gasteiger partial charge on any atom is 0.333 e. The molecule has 0 aromatic heterocycles. The first-order chi connectivity index (χ1) is 13.1. The predicted octanol–water partition coefficient (Wildman–Crippen LogP) is 4.86. The highest BCUT2D eigenvalue weighted by Gasteiger charge is 2.20. The van der Waals surface area contributed by atoms with E-state index in [1.54, 1.807) is 0 Å². The summed E-state index contributed by atoms with van der Waals surface area (Å²) >= 11 is 0. The zero-order valence-electron chi connectivity index (χ0n) is 16.2. The number of rotatable bonds is 11. The number of aliphatic carboxylic acids is 1. The van der Waals surface area contributed by atoms with E-state index in [0.717, 1.165) is 30.6 Å². The SMILES string of the molecule is CCCCc1ccccc1Oc1ccc(C[C@H](OC)C(=O)O)c(OCC)c1. The fourth-order valence-electron chi connectivity index (χ4n) is 2.83. The van der Waals surface area contributed by atoms with Gasteiger partial charge in [-0.15, -0.1) is 0 Å². The molecule has 0 spiro atoms. The Morgan fingerprint density at radius 2 is 1.85 bits per heavy atom. The van der Waals surface area contributed by atoms with Gasteiger partial charge in [0.1, 0.15) is 17.2 Å². The summed E-state index contributed by atoms with van der Waals surface area (Å²) in [6.07, 6.45) is 2.52. The monoisotopic (exact) mass is 372 g/mol. The molecule has 0 aliphatic heterocycles. The third-order valence-corrected chi connectivity index (χ3v) is 4.30. The van der Waals surface area contributed by atoms with E-state index in [-0.39, 0.29) is 6.42 Å². The highest BCUT2D eigenvalue weighted by atomic mass is 16.5. The molecule has 0 aliphatic rings. The predicted molar refractivity (Wildman–Crippen MR) is 105 cm³/mol. The van der Waals surface area contributed by atoms with Crippen LogP contribution in [0.3, 0.4) is 0 Å². The van der Waals surface area contributed by atoms with E-state index in [9.17, 15) is 9.90 Å². The topological polar surface area (TPSA) is 65.0 Å². The average molecular weight is 372 g/mol. The summed E-state index contributed by atoms with van der Waals surface area (Å²) in [7, 11) is 1.39. The van der Waals surface area contributed by atoms with Gasteiger partial charge in [0, 0.05) is 19.6 Å². The van der Waals surface area contributed by atoms with E-state index in [2.05, 4.69) is 13.0 Å². The third kappa shape index (κ3) is 6.00. The van der Waals surface area contributed by atoms with E-state index in [4.69, 9.17) is 14.2 Å². The molecular weight excluding hydrogens is 344 g/mol. The van der Waals surface area contributed by atoms with E-state index in [1.807, 2.05) is 43.3 Å². The molecule has 0 aliphatic carbocycles. The van der Waals surface area contributed by atoms with Crippen LogP contribution in [-0.2, 0) is 22.4 Å². The number of para-hydroxylation sites is 1. The zero-order chi connectivity index (χ0) is 19.6. The Morgan fingerprint density at radius 1 is 1.07 bits per heavy atom. The van der Waals surface area contributed by atoms with Crippen LogP contribution in [0.5, 0.6) is 17.2 Å². The van der Waals surface area contributed by atoms with Crippen molar-refractivity contribution in [3.8, 4) is 17.2 Å². The Bertz CT molecular complexity index is 741. The Balaban J connectivity index is 2.24. The lowest BCUT2D eigenvalue weighted by atomic mass is 10.1. The molecule has 5 nitrogen and oxygen atoms in total. The van der Waals surface area contributed by atoms with Gasteiger partial charge in [-0.3, -0.25) is 0 Å². The number of carboxylic acid groups (broad SMARTS) is 1. The molecule has 0 fully saturated rings. The second-order valence-electron chi connectivity index (χ2n) is 6.28. The molecule has 0 unspecified atom stereocenters. The Kier molecular flexibility index (Phi) is 8.14. The van der Waals surface area contributed by atoms with Crippen LogP contribution in [0.1, 0.15) is 37.8 Å². The molecule has 0 bridgehead atoms. The Labute approximate surface area is 160 Å². The van der Waals surface area contributed by atoms with Crippen molar-refractivity contribution in [2.75, 3.05) is 13.7 Å². The molecule has 0 amide bonds. The van der Waals surface area contributed by atoms with Gasteiger partial charge in [-0.05, 0) is 43.0 Å². The molecule has 1 N–H and O–H groups in total. The lowest BCUT2D eigenvalue weighted by Gasteiger charge is -2.16. The van der Waals surface area contributed by atoms with Crippen LogP contribution in [0.2, 0.25) is 0 Å². The van der Waals surface area contributed by atoms with Crippen molar-refractivity contribution in [1.82, 2.24) is 0 Å². The summed E-state index contributed by atoms with van der Waals surface area (Å²) in [6.45, 7) is 4.54. The summed E-state index contributed by atoms with van der Waals surface area (Å²) in [6, 6.07) is 13.5. The normalized spacial score (nSPS) is 11.8. The second-order valence-corrected chi connectivity index (χ2v) is 6.28. The number of hydrogen-bond donors (Lipinski definition) is 1. The van der Waals surface area contributed by atoms with Gasteiger partial charge in [-0.2, -0.15) is 0 Å². The van der Waals surface area contributed by atoms with Gasteiger partial charge in [0.15, 0.2) is 6.10 Å². The van der Waals surface area contributed by atoms with Gasteiger partial charge in [-0.1, -0.05) is 37.6 Å². The molecule has 146 valence electrons. The molecule has 5 heteroatoms. The maximum atomic E-state index is 11.2. The third-order valence-electron chi connectivity index (χ3n) is 4.30. The van der Waals surface area contributed by atoms with Crippen LogP contribution in [0, 0.1) is 0 Å². The molecule has 27 heavy (non-hydrogen) atoms. The Morgan fingerprint density at radius 3 is 2.52 bits per heavy atom. The van der Waals surface area contributed by atoms with E-state index < -0.39 is 12.1 Å². The zero-order valence-corrected chi connectivity index (χ0v) is 16.2. The van der Waals surface area contributed by atoms with Crippen LogP contribution in [-0.4, -0.2) is 30.9 Å². The average Bonchev–Trinajstić information content (AvgIpc) is 2.66. The van der Waals surface area contributed by atoms with E-state index in [1.165, 1.54) is 12.7 Å². The van der Waals surface area contributed by atoms with Crippen LogP contribution < -0.4 is 9.47 Å². The number of methoxy groups -OCH3 is 1. The molecule has 2 aromatic carbocycles. The summed E-state index contributed by atoms with van der Waals surface area (Å²) in [5.74, 6) is 1.12. The fraction of sp³-hybridized carbons (Fsp3) is 0.409. The first-order valence-electron chi connectivity index (χ1n) is 9.36. The lowest BCUT2D eigenvalue weighted by molar-refractivity contribution is -0.148. The standard InChI is InChI=1S/C22H28O5/c1-4-6-9-16-10-7-8-11-19(16)27-18-13-12-17(20(15-18)26-5-2)14-21(25-3)22(23)24/h7-8,10-13,15,21H,4-6,9,14H2,1-3H3,(H,23,24)/t21-/m0/s1. The molecule has 0 saturated heterocycles. The van der Waals surface area contributed by atoms with Crippen molar-refractivity contribution in [2.24, 2.45) is 0 Å². The van der Waals surface area contributed by atoms with Crippen LogP contribution in [0.4, 0.5) is 0 Å². The summed E-state index contributed by atoms with van der Waals surface area (Å²) < 4.78 is 16.8. The quantitative estimate of drug-likeness (QED) is 0.610. The van der Waals surface area contributed by atoms with Gasteiger partial charge in [0.2, 0.25) is 0 Å². The number of carbonyl (C=O) groups is 1. The van der Waals surface area contributed by atoms with Crippen molar-refractivity contribution in [3.63, 3.8) is 0 Å². The molecule has 0 saturated carbocycles. The van der Waals surface area contributed by atoms with Gasteiger partial charge in [0.05, 0.1) is 6.61 Å². The van der Waals surface area contributed by atoms with Crippen molar-refractivity contribution in [1.29, 1.82) is 0 Å². The van der Waals surface area contributed by atoms with Gasteiger partial charge in [-0.25, -0.2) is 4.79 Å². The summed E-state index contributed by atoms with van der Waals surface area (Å²) in [4.78, 5) is 11.2.